The number of hydrogen-bond acceptors (Lipinski definition) is 3. The van der Waals surface area contributed by atoms with Gasteiger partial charge in [-0.25, -0.2) is 0 Å². The first-order valence-corrected chi connectivity index (χ1v) is 4.93. The summed E-state index contributed by atoms with van der Waals surface area (Å²) < 4.78 is 0. The number of rotatable bonds is 4. The lowest BCUT2D eigenvalue weighted by atomic mass is 10.0. The first-order valence-electron chi connectivity index (χ1n) is 4.05. The van der Waals surface area contributed by atoms with E-state index < -0.39 is 0 Å². The summed E-state index contributed by atoms with van der Waals surface area (Å²) in [6.07, 6.45) is 3.53. The van der Waals surface area contributed by atoms with Gasteiger partial charge in [-0.15, -0.1) is 11.3 Å². The van der Waals surface area contributed by atoms with Crippen molar-refractivity contribution in [3.8, 4) is 0 Å². The van der Waals surface area contributed by atoms with Crippen LogP contribution >= 0.6 is 11.3 Å². The van der Waals surface area contributed by atoms with E-state index in [-0.39, 0.29) is 5.78 Å². The number of carbonyl (C=O) groups is 1. The SMILES string of the molecule is CC(=O)CC(C)Cc1cncs1. The summed E-state index contributed by atoms with van der Waals surface area (Å²) in [5.74, 6) is 0.718. The highest BCUT2D eigenvalue weighted by molar-refractivity contribution is 7.09. The fraction of sp³-hybridized carbons (Fsp3) is 0.556. The van der Waals surface area contributed by atoms with Crippen molar-refractivity contribution >= 4 is 17.1 Å². The Morgan fingerprint density at radius 2 is 2.50 bits per heavy atom. The van der Waals surface area contributed by atoms with E-state index in [9.17, 15) is 4.79 Å². The maximum atomic E-state index is 10.8. The molecule has 0 spiro atoms. The van der Waals surface area contributed by atoms with Gasteiger partial charge in [0.25, 0.3) is 0 Å². The fourth-order valence-electron chi connectivity index (χ4n) is 1.25. The van der Waals surface area contributed by atoms with Crippen LogP contribution in [0.15, 0.2) is 11.7 Å². The second kappa shape index (κ2) is 4.36. The largest absolute Gasteiger partial charge is 0.300 e. The molecular weight excluding hydrogens is 170 g/mol. The summed E-state index contributed by atoms with van der Waals surface area (Å²) in [7, 11) is 0. The fourth-order valence-corrected chi connectivity index (χ4v) is 2.01. The summed E-state index contributed by atoms with van der Waals surface area (Å²) in [6, 6.07) is 0. The number of hydrogen-bond donors (Lipinski definition) is 0. The monoisotopic (exact) mass is 183 g/mol. The molecule has 0 aliphatic heterocycles. The van der Waals surface area contributed by atoms with Gasteiger partial charge < -0.3 is 4.79 Å². The van der Waals surface area contributed by atoms with Crippen molar-refractivity contribution in [3.05, 3.63) is 16.6 Å². The van der Waals surface area contributed by atoms with Gasteiger partial charge in [-0.1, -0.05) is 6.92 Å². The molecule has 0 fully saturated rings. The van der Waals surface area contributed by atoms with Crippen LogP contribution in [0.4, 0.5) is 0 Å². The molecule has 0 aliphatic carbocycles. The van der Waals surface area contributed by atoms with E-state index in [1.54, 1.807) is 18.3 Å². The van der Waals surface area contributed by atoms with Crippen LogP contribution < -0.4 is 0 Å². The predicted molar refractivity (Wildman–Crippen MR) is 50.3 cm³/mol. The summed E-state index contributed by atoms with van der Waals surface area (Å²) in [5.41, 5.74) is 1.83. The lowest BCUT2D eigenvalue weighted by molar-refractivity contribution is -0.117. The minimum absolute atomic E-state index is 0.270. The van der Waals surface area contributed by atoms with Crippen LogP contribution in [0.2, 0.25) is 0 Å². The Balaban J connectivity index is 2.36. The van der Waals surface area contributed by atoms with Gasteiger partial charge in [-0.05, 0) is 19.3 Å². The van der Waals surface area contributed by atoms with E-state index in [4.69, 9.17) is 0 Å². The number of carbonyl (C=O) groups excluding carboxylic acids is 1. The maximum absolute atomic E-state index is 10.8. The smallest absolute Gasteiger partial charge is 0.130 e. The quantitative estimate of drug-likeness (QED) is 0.717. The van der Waals surface area contributed by atoms with E-state index in [1.807, 2.05) is 11.7 Å². The van der Waals surface area contributed by atoms with Crippen LogP contribution in [-0.4, -0.2) is 10.8 Å². The van der Waals surface area contributed by atoms with Crippen LogP contribution in [0, 0.1) is 5.92 Å². The molecule has 0 amide bonds. The molecule has 0 saturated heterocycles. The normalized spacial score (nSPS) is 12.8. The molecule has 0 saturated carbocycles. The molecule has 0 aromatic carbocycles. The van der Waals surface area contributed by atoms with Gasteiger partial charge in [0, 0.05) is 17.5 Å². The molecule has 1 aromatic heterocycles. The Kier molecular flexibility index (Phi) is 3.41. The lowest BCUT2D eigenvalue weighted by Crippen LogP contribution is -2.03. The van der Waals surface area contributed by atoms with E-state index in [0.717, 1.165) is 6.42 Å². The van der Waals surface area contributed by atoms with Gasteiger partial charge >= 0.3 is 0 Å². The molecule has 2 nitrogen and oxygen atoms in total. The third-order valence-electron chi connectivity index (χ3n) is 1.67. The summed E-state index contributed by atoms with van der Waals surface area (Å²) in [6.45, 7) is 3.74. The molecule has 0 radical (unpaired) electrons. The highest BCUT2D eigenvalue weighted by Crippen LogP contribution is 2.14. The second-order valence-electron chi connectivity index (χ2n) is 3.18. The average Bonchev–Trinajstić information content (AvgIpc) is 2.37. The van der Waals surface area contributed by atoms with E-state index in [2.05, 4.69) is 11.9 Å². The van der Waals surface area contributed by atoms with Gasteiger partial charge in [0.1, 0.15) is 5.78 Å². The summed E-state index contributed by atoms with van der Waals surface area (Å²) >= 11 is 1.66. The van der Waals surface area contributed by atoms with E-state index in [1.165, 1.54) is 4.88 Å². The predicted octanol–water partition coefficient (Wildman–Crippen LogP) is 2.30. The third kappa shape index (κ3) is 3.13. The van der Waals surface area contributed by atoms with Crippen LogP contribution in [-0.2, 0) is 11.2 Å². The first kappa shape index (κ1) is 9.39. The van der Waals surface area contributed by atoms with Crippen molar-refractivity contribution in [2.45, 2.75) is 26.7 Å². The second-order valence-corrected chi connectivity index (χ2v) is 4.15. The molecule has 1 rings (SSSR count). The Hall–Kier alpha value is -0.700. The Bertz CT molecular complexity index is 243. The summed E-state index contributed by atoms with van der Waals surface area (Å²) in [5, 5.41) is 0. The van der Waals surface area contributed by atoms with Crippen LogP contribution in [0.25, 0.3) is 0 Å². The maximum Gasteiger partial charge on any atom is 0.130 e. The van der Waals surface area contributed by atoms with Crippen molar-refractivity contribution in [2.75, 3.05) is 0 Å². The van der Waals surface area contributed by atoms with Gasteiger partial charge in [0.05, 0.1) is 5.51 Å². The van der Waals surface area contributed by atoms with Crippen molar-refractivity contribution in [1.82, 2.24) is 4.98 Å². The molecule has 0 N–H and O–H groups in total. The zero-order valence-corrected chi connectivity index (χ0v) is 8.23. The van der Waals surface area contributed by atoms with Gasteiger partial charge in [-0.2, -0.15) is 0 Å². The molecule has 1 heterocycles. The van der Waals surface area contributed by atoms with Crippen molar-refractivity contribution < 1.29 is 4.79 Å². The van der Waals surface area contributed by atoms with Gasteiger partial charge in [-0.3, -0.25) is 4.98 Å². The molecule has 3 heteroatoms. The van der Waals surface area contributed by atoms with Crippen molar-refractivity contribution in [2.24, 2.45) is 5.92 Å². The number of Topliss-reactive ketones (excluding diaryl/α,β-unsaturated/α-hetero) is 1. The Morgan fingerprint density at radius 1 is 1.75 bits per heavy atom. The summed E-state index contributed by atoms with van der Waals surface area (Å²) in [4.78, 5) is 16.0. The minimum Gasteiger partial charge on any atom is -0.300 e. The minimum atomic E-state index is 0.270. The van der Waals surface area contributed by atoms with Crippen molar-refractivity contribution in [3.63, 3.8) is 0 Å². The highest BCUT2D eigenvalue weighted by Gasteiger charge is 2.06. The van der Waals surface area contributed by atoms with Gasteiger partial charge in [0.15, 0.2) is 0 Å². The molecular formula is C9H13NOS. The zero-order chi connectivity index (χ0) is 8.97. The van der Waals surface area contributed by atoms with Crippen LogP contribution in [0.5, 0.6) is 0 Å². The Labute approximate surface area is 76.6 Å². The molecule has 0 bridgehead atoms. The molecule has 1 atom stereocenters. The van der Waals surface area contributed by atoms with Crippen molar-refractivity contribution in [1.29, 1.82) is 0 Å². The Morgan fingerprint density at radius 3 is 3.00 bits per heavy atom. The average molecular weight is 183 g/mol. The van der Waals surface area contributed by atoms with Gasteiger partial charge in [0.2, 0.25) is 0 Å². The molecule has 66 valence electrons. The number of nitrogens with zero attached hydrogens (tertiary/aromatic N) is 1. The first-order chi connectivity index (χ1) is 5.68. The topological polar surface area (TPSA) is 30.0 Å². The molecule has 1 unspecified atom stereocenters. The number of aromatic nitrogens is 1. The standard InChI is InChI=1S/C9H13NOS/c1-7(3-8(2)11)4-9-5-10-6-12-9/h5-7H,3-4H2,1-2H3. The van der Waals surface area contributed by atoms with E-state index in [0.29, 0.717) is 12.3 Å². The molecule has 0 aliphatic rings. The van der Waals surface area contributed by atoms with Crippen LogP contribution in [0.3, 0.4) is 0 Å². The molecule has 12 heavy (non-hydrogen) atoms. The number of ketones is 1. The molecule has 1 aromatic rings. The third-order valence-corrected chi connectivity index (χ3v) is 2.47. The van der Waals surface area contributed by atoms with E-state index >= 15 is 0 Å². The highest BCUT2D eigenvalue weighted by atomic mass is 32.1. The zero-order valence-electron chi connectivity index (χ0n) is 7.41. The van der Waals surface area contributed by atoms with Crippen LogP contribution in [0.1, 0.15) is 25.1 Å². The lowest BCUT2D eigenvalue weighted by Gasteiger charge is -2.05. The number of thiazole rings is 1.